The minimum atomic E-state index is -0.519. The minimum absolute atomic E-state index is 0.174. The lowest BCUT2D eigenvalue weighted by Gasteiger charge is -2.06. The van der Waals surface area contributed by atoms with Crippen molar-refractivity contribution in [3.8, 4) is 11.1 Å². The summed E-state index contributed by atoms with van der Waals surface area (Å²) >= 11 is 0. The van der Waals surface area contributed by atoms with Crippen LogP contribution in [-0.4, -0.2) is 35.7 Å². The highest BCUT2D eigenvalue weighted by molar-refractivity contribution is 6.04. The smallest absolute Gasteiger partial charge is 0.257 e. The van der Waals surface area contributed by atoms with Crippen molar-refractivity contribution < 1.29 is 9.18 Å². The van der Waals surface area contributed by atoms with Gasteiger partial charge in [0.25, 0.3) is 5.91 Å². The van der Waals surface area contributed by atoms with E-state index in [1.54, 1.807) is 31.6 Å². The number of hydrogen-bond donors (Lipinski definition) is 1. The van der Waals surface area contributed by atoms with Crippen LogP contribution in [-0.2, 0) is 7.05 Å². The van der Waals surface area contributed by atoms with Crippen molar-refractivity contribution in [1.82, 2.24) is 29.8 Å². The van der Waals surface area contributed by atoms with Crippen LogP contribution in [0.5, 0.6) is 0 Å². The van der Waals surface area contributed by atoms with Gasteiger partial charge in [0.05, 0.1) is 17.4 Å². The molecule has 0 radical (unpaired) electrons. The quantitative estimate of drug-likeness (QED) is 0.611. The molecule has 0 aliphatic rings. The number of aryl methyl sites for hydroxylation is 2. The first kappa shape index (κ1) is 15.9. The Bertz CT molecular complexity index is 1130. The number of hydrogen-bond acceptors (Lipinski definition) is 5. The monoisotopic (exact) mass is 351 g/mol. The van der Waals surface area contributed by atoms with E-state index < -0.39 is 11.7 Å². The zero-order valence-corrected chi connectivity index (χ0v) is 14.0. The standard InChI is InChI=1S/C17H14FN7O/c1-10-16(14-4-3-5-19-25(14)22-10)11-6-12(8-13(18)7-11)17(26)20-15-9-24(2)23-21-15/h3-9H,1-2H3,(H,20,26). The Balaban J connectivity index is 1.76. The summed E-state index contributed by atoms with van der Waals surface area (Å²) in [5, 5.41) is 18.6. The highest BCUT2D eigenvalue weighted by atomic mass is 19.1. The van der Waals surface area contributed by atoms with Crippen LogP contribution in [0, 0.1) is 12.7 Å². The van der Waals surface area contributed by atoms with Crippen molar-refractivity contribution in [3.63, 3.8) is 0 Å². The van der Waals surface area contributed by atoms with Gasteiger partial charge >= 0.3 is 0 Å². The maximum Gasteiger partial charge on any atom is 0.257 e. The molecule has 0 unspecified atom stereocenters. The maximum atomic E-state index is 14.2. The lowest BCUT2D eigenvalue weighted by Crippen LogP contribution is -2.12. The van der Waals surface area contributed by atoms with E-state index in [0.717, 1.165) is 11.1 Å². The van der Waals surface area contributed by atoms with Crippen molar-refractivity contribution in [2.45, 2.75) is 6.92 Å². The maximum absolute atomic E-state index is 14.2. The lowest BCUT2D eigenvalue weighted by atomic mass is 10.0. The average molecular weight is 351 g/mol. The van der Waals surface area contributed by atoms with Crippen molar-refractivity contribution in [1.29, 1.82) is 0 Å². The Morgan fingerprint density at radius 1 is 1.27 bits per heavy atom. The van der Waals surface area contributed by atoms with Gasteiger partial charge in [-0.2, -0.15) is 14.8 Å². The molecule has 4 aromatic rings. The third-order valence-corrected chi connectivity index (χ3v) is 3.89. The number of carbonyl (C=O) groups is 1. The third kappa shape index (κ3) is 2.79. The van der Waals surface area contributed by atoms with Crippen LogP contribution in [0.3, 0.4) is 0 Å². The fourth-order valence-electron chi connectivity index (χ4n) is 2.82. The molecule has 1 aromatic carbocycles. The molecule has 0 saturated heterocycles. The topological polar surface area (TPSA) is 90.0 Å². The molecule has 0 atom stereocenters. The molecule has 0 saturated carbocycles. The largest absolute Gasteiger partial charge is 0.304 e. The van der Waals surface area contributed by atoms with Gasteiger partial charge in [-0.15, -0.1) is 5.10 Å². The Morgan fingerprint density at radius 3 is 2.88 bits per heavy atom. The normalized spacial score (nSPS) is 11.0. The molecule has 26 heavy (non-hydrogen) atoms. The second-order valence-corrected chi connectivity index (χ2v) is 5.82. The number of aromatic nitrogens is 6. The van der Waals surface area contributed by atoms with Crippen molar-refractivity contribution in [2.75, 3.05) is 5.32 Å². The Hall–Kier alpha value is -3.62. The first-order valence-electron chi connectivity index (χ1n) is 7.80. The van der Waals surface area contributed by atoms with E-state index in [0.29, 0.717) is 17.1 Å². The molecule has 0 aliphatic carbocycles. The summed E-state index contributed by atoms with van der Waals surface area (Å²) < 4.78 is 17.1. The molecular weight excluding hydrogens is 337 g/mol. The van der Waals surface area contributed by atoms with Crippen LogP contribution >= 0.6 is 0 Å². The molecule has 0 bridgehead atoms. The zero-order chi connectivity index (χ0) is 18.3. The predicted octanol–water partition coefficient (Wildman–Crippen LogP) is 2.22. The van der Waals surface area contributed by atoms with Crippen molar-refractivity contribution in [3.05, 3.63) is 59.8 Å². The molecule has 9 heteroatoms. The number of halogens is 1. The van der Waals surface area contributed by atoms with Gasteiger partial charge < -0.3 is 5.32 Å². The van der Waals surface area contributed by atoms with Crippen LogP contribution in [0.25, 0.3) is 16.6 Å². The van der Waals surface area contributed by atoms with Gasteiger partial charge in [-0.1, -0.05) is 5.21 Å². The van der Waals surface area contributed by atoms with E-state index in [-0.39, 0.29) is 5.56 Å². The highest BCUT2D eigenvalue weighted by Gasteiger charge is 2.16. The van der Waals surface area contributed by atoms with E-state index >= 15 is 0 Å². The van der Waals surface area contributed by atoms with Crippen LogP contribution < -0.4 is 5.32 Å². The van der Waals surface area contributed by atoms with Gasteiger partial charge in [0.15, 0.2) is 5.82 Å². The van der Waals surface area contributed by atoms with Crippen molar-refractivity contribution in [2.24, 2.45) is 7.05 Å². The molecule has 4 rings (SSSR count). The van der Waals surface area contributed by atoms with Gasteiger partial charge in [0.2, 0.25) is 0 Å². The number of anilines is 1. The minimum Gasteiger partial charge on any atom is -0.304 e. The van der Waals surface area contributed by atoms with Crippen molar-refractivity contribution >= 4 is 17.2 Å². The fourth-order valence-corrected chi connectivity index (χ4v) is 2.82. The Morgan fingerprint density at radius 2 is 2.12 bits per heavy atom. The molecule has 0 aliphatic heterocycles. The zero-order valence-electron chi connectivity index (χ0n) is 14.0. The van der Waals surface area contributed by atoms with Crippen LogP contribution in [0.15, 0.2) is 42.7 Å². The number of rotatable bonds is 3. The Kier molecular flexibility index (Phi) is 3.68. The molecule has 0 fully saturated rings. The van der Waals surface area contributed by atoms with Gasteiger partial charge in [-0.3, -0.25) is 9.48 Å². The molecule has 3 aromatic heterocycles. The first-order valence-corrected chi connectivity index (χ1v) is 7.80. The molecule has 1 amide bonds. The summed E-state index contributed by atoms with van der Waals surface area (Å²) in [5.74, 6) is -0.701. The van der Waals surface area contributed by atoms with E-state index in [4.69, 9.17) is 0 Å². The highest BCUT2D eigenvalue weighted by Crippen LogP contribution is 2.29. The summed E-state index contributed by atoms with van der Waals surface area (Å²) in [6.07, 6.45) is 3.17. The third-order valence-electron chi connectivity index (χ3n) is 3.89. The summed E-state index contributed by atoms with van der Waals surface area (Å²) in [5.41, 5.74) is 2.87. The molecule has 0 spiro atoms. The van der Waals surface area contributed by atoms with Gasteiger partial charge in [-0.25, -0.2) is 4.39 Å². The first-order chi connectivity index (χ1) is 12.5. The second-order valence-electron chi connectivity index (χ2n) is 5.82. The lowest BCUT2D eigenvalue weighted by molar-refractivity contribution is 0.102. The Labute approximate surface area is 147 Å². The number of benzene rings is 1. The van der Waals surface area contributed by atoms with E-state index in [9.17, 15) is 9.18 Å². The average Bonchev–Trinajstić information content (AvgIpc) is 3.16. The number of nitrogens with zero attached hydrogens (tertiary/aromatic N) is 6. The van der Waals surface area contributed by atoms with Gasteiger partial charge in [0, 0.05) is 24.4 Å². The summed E-state index contributed by atoms with van der Waals surface area (Å²) in [6.45, 7) is 1.81. The SMILES string of the molecule is Cc1nn2ncccc2c1-c1cc(F)cc(C(=O)Nc2cn(C)nn2)c1. The summed E-state index contributed by atoms with van der Waals surface area (Å²) in [4.78, 5) is 12.5. The number of fused-ring (bicyclic) bond motifs is 1. The van der Waals surface area contributed by atoms with Gasteiger partial charge in [0.1, 0.15) is 5.82 Å². The molecule has 1 N–H and O–H groups in total. The molecule has 3 heterocycles. The molecular formula is C17H14FN7O. The molecule has 8 nitrogen and oxygen atoms in total. The van der Waals surface area contributed by atoms with Crippen LogP contribution in [0.2, 0.25) is 0 Å². The summed E-state index contributed by atoms with van der Waals surface area (Å²) in [7, 11) is 1.69. The number of nitrogens with one attached hydrogen (secondary N) is 1. The fraction of sp³-hybridized carbons (Fsp3) is 0.118. The summed E-state index contributed by atoms with van der Waals surface area (Å²) in [6, 6.07) is 7.78. The number of amides is 1. The van der Waals surface area contributed by atoms with E-state index in [1.165, 1.54) is 21.4 Å². The molecule has 130 valence electrons. The van der Waals surface area contributed by atoms with Crippen LogP contribution in [0.1, 0.15) is 16.1 Å². The van der Waals surface area contributed by atoms with Crippen LogP contribution in [0.4, 0.5) is 10.2 Å². The predicted molar refractivity (Wildman–Crippen MR) is 92.1 cm³/mol. The van der Waals surface area contributed by atoms with E-state index in [1.807, 2.05) is 13.0 Å². The van der Waals surface area contributed by atoms with E-state index in [2.05, 4.69) is 25.8 Å². The van der Waals surface area contributed by atoms with Gasteiger partial charge in [-0.05, 0) is 42.8 Å². The second kappa shape index (κ2) is 6.03. The number of carbonyl (C=O) groups excluding carboxylic acids is 1.